The molecule has 2 aromatic rings. The lowest BCUT2D eigenvalue weighted by atomic mass is 9.99. The Labute approximate surface area is 147 Å². The van der Waals surface area contributed by atoms with Gasteiger partial charge in [-0.15, -0.1) is 0 Å². The molecule has 3 atom stereocenters. The summed E-state index contributed by atoms with van der Waals surface area (Å²) in [7, 11) is 0. The summed E-state index contributed by atoms with van der Waals surface area (Å²) in [5.74, 6) is 0.286. The van der Waals surface area contributed by atoms with Gasteiger partial charge in [0, 0.05) is 5.92 Å². The predicted octanol–water partition coefficient (Wildman–Crippen LogP) is 3.91. The van der Waals surface area contributed by atoms with Crippen LogP contribution < -0.4 is 5.32 Å². The van der Waals surface area contributed by atoms with E-state index in [4.69, 9.17) is 0 Å². The van der Waals surface area contributed by atoms with E-state index in [1.165, 1.54) is 12.8 Å². The molecule has 4 nitrogen and oxygen atoms in total. The Morgan fingerprint density at radius 2 is 1.72 bits per heavy atom. The number of hydrogen-bond acceptors (Lipinski definition) is 2. The summed E-state index contributed by atoms with van der Waals surface area (Å²) in [4.78, 5) is 24.0. The van der Waals surface area contributed by atoms with Gasteiger partial charge in [0.25, 0.3) is 0 Å². The summed E-state index contributed by atoms with van der Waals surface area (Å²) in [5.41, 5.74) is 0.859. The van der Waals surface area contributed by atoms with Gasteiger partial charge in [0.1, 0.15) is 0 Å². The number of amides is 1. The Kier molecular flexibility index (Phi) is 4.20. The van der Waals surface area contributed by atoms with E-state index in [9.17, 15) is 14.7 Å². The highest BCUT2D eigenvalue weighted by atomic mass is 16.4. The van der Waals surface area contributed by atoms with E-state index in [0.29, 0.717) is 11.8 Å². The van der Waals surface area contributed by atoms with Crippen molar-refractivity contribution in [3.8, 4) is 0 Å². The van der Waals surface area contributed by atoms with Gasteiger partial charge in [-0.1, -0.05) is 49.2 Å². The van der Waals surface area contributed by atoms with Crippen molar-refractivity contribution < 1.29 is 14.7 Å². The molecular weight excluding hydrogens is 314 g/mol. The number of hydrogen-bond donors (Lipinski definition) is 2. The summed E-state index contributed by atoms with van der Waals surface area (Å²) in [6.07, 6.45) is 4.62. The summed E-state index contributed by atoms with van der Waals surface area (Å²) < 4.78 is 0. The molecule has 130 valence electrons. The smallest absolute Gasteiger partial charge is 0.305 e. The molecule has 0 saturated heterocycles. The molecule has 0 bridgehead atoms. The Morgan fingerprint density at radius 1 is 1.04 bits per heavy atom. The van der Waals surface area contributed by atoms with Gasteiger partial charge >= 0.3 is 5.97 Å². The molecule has 0 heterocycles. The molecule has 2 N–H and O–H groups in total. The van der Waals surface area contributed by atoms with Crippen molar-refractivity contribution in [2.24, 2.45) is 17.8 Å². The SMILES string of the molecule is O=C(O)C[C@H](NC(=O)C1C2CCCCC21)c1ccc2ccccc2c1. The number of carbonyl (C=O) groups is 2. The van der Waals surface area contributed by atoms with Gasteiger partial charge in [-0.2, -0.15) is 0 Å². The number of rotatable bonds is 5. The minimum absolute atomic E-state index is 0.0382. The van der Waals surface area contributed by atoms with Gasteiger partial charge < -0.3 is 10.4 Å². The Balaban J connectivity index is 1.54. The molecule has 0 spiro atoms. The Morgan fingerprint density at radius 3 is 2.40 bits per heavy atom. The zero-order valence-electron chi connectivity index (χ0n) is 14.2. The third-order valence-electron chi connectivity index (χ3n) is 5.83. The van der Waals surface area contributed by atoms with E-state index in [0.717, 1.165) is 29.2 Å². The minimum atomic E-state index is -0.897. The van der Waals surface area contributed by atoms with Gasteiger partial charge in [-0.25, -0.2) is 0 Å². The van der Waals surface area contributed by atoms with Crippen LogP contribution in [0.4, 0.5) is 0 Å². The molecule has 2 saturated carbocycles. The molecule has 2 aliphatic carbocycles. The quantitative estimate of drug-likeness (QED) is 0.869. The average Bonchev–Trinajstić information content (AvgIpc) is 3.35. The van der Waals surface area contributed by atoms with Crippen molar-refractivity contribution >= 4 is 22.6 Å². The fourth-order valence-corrected chi connectivity index (χ4v) is 4.50. The molecule has 0 aliphatic heterocycles. The molecule has 0 radical (unpaired) electrons. The van der Waals surface area contributed by atoms with Crippen molar-refractivity contribution in [3.63, 3.8) is 0 Å². The fraction of sp³-hybridized carbons (Fsp3) is 0.429. The van der Waals surface area contributed by atoms with Crippen LogP contribution in [0.5, 0.6) is 0 Å². The minimum Gasteiger partial charge on any atom is -0.481 e. The molecule has 2 unspecified atom stereocenters. The first kappa shape index (κ1) is 16.1. The van der Waals surface area contributed by atoms with Crippen molar-refractivity contribution in [2.45, 2.75) is 38.1 Å². The molecule has 25 heavy (non-hydrogen) atoms. The van der Waals surface area contributed by atoms with Crippen LogP contribution in [0.1, 0.15) is 43.7 Å². The zero-order chi connectivity index (χ0) is 17.4. The second-order valence-electron chi connectivity index (χ2n) is 7.40. The third-order valence-corrected chi connectivity index (χ3v) is 5.83. The molecule has 1 amide bonds. The van der Waals surface area contributed by atoms with E-state index in [1.807, 2.05) is 42.5 Å². The number of benzene rings is 2. The lowest BCUT2D eigenvalue weighted by Crippen LogP contribution is -2.32. The third kappa shape index (κ3) is 3.26. The Hall–Kier alpha value is -2.36. The average molecular weight is 337 g/mol. The summed E-state index contributed by atoms with van der Waals surface area (Å²) in [6.45, 7) is 0. The van der Waals surface area contributed by atoms with Crippen LogP contribution in [0.25, 0.3) is 10.8 Å². The first-order valence-corrected chi connectivity index (χ1v) is 9.14. The van der Waals surface area contributed by atoms with Crippen LogP contribution in [-0.4, -0.2) is 17.0 Å². The lowest BCUT2D eigenvalue weighted by Gasteiger charge is -2.18. The number of fused-ring (bicyclic) bond motifs is 2. The summed E-state index contributed by atoms with van der Waals surface area (Å²) in [5, 5.41) is 14.5. The molecule has 4 heteroatoms. The van der Waals surface area contributed by atoms with Crippen LogP contribution in [0.15, 0.2) is 42.5 Å². The second kappa shape index (κ2) is 6.51. The van der Waals surface area contributed by atoms with E-state index < -0.39 is 12.0 Å². The number of carbonyl (C=O) groups excluding carboxylic acids is 1. The second-order valence-corrected chi connectivity index (χ2v) is 7.40. The molecule has 2 aromatic carbocycles. The lowest BCUT2D eigenvalue weighted by molar-refractivity contribution is -0.137. The molecule has 2 fully saturated rings. The highest BCUT2D eigenvalue weighted by Crippen LogP contribution is 2.55. The zero-order valence-corrected chi connectivity index (χ0v) is 14.2. The van der Waals surface area contributed by atoms with E-state index in [1.54, 1.807) is 0 Å². The van der Waals surface area contributed by atoms with E-state index >= 15 is 0 Å². The molecule has 4 rings (SSSR count). The van der Waals surface area contributed by atoms with Crippen LogP contribution in [0, 0.1) is 17.8 Å². The number of aliphatic carboxylic acids is 1. The maximum Gasteiger partial charge on any atom is 0.305 e. The standard InChI is InChI=1S/C21H23NO3/c23-19(24)12-18(15-10-9-13-5-1-2-6-14(13)11-15)22-21(25)20-16-7-3-4-8-17(16)20/h1-2,5-6,9-11,16-18,20H,3-4,7-8,12H2,(H,22,25)(H,23,24)/t16?,17?,18-,20?/m0/s1. The maximum atomic E-state index is 12.7. The number of nitrogens with one attached hydrogen (secondary N) is 1. The van der Waals surface area contributed by atoms with Gasteiger partial charge in [0.2, 0.25) is 5.91 Å². The van der Waals surface area contributed by atoms with Crippen molar-refractivity contribution in [1.82, 2.24) is 5.32 Å². The monoisotopic (exact) mass is 337 g/mol. The first-order chi connectivity index (χ1) is 12.1. The van der Waals surface area contributed by atoms with E-state index in [2.05, 4.69) is 5.32 Å². The summed E-state index contributed by atoms with van der Waals surface area (Å²) >= 11 is 0. The highest BCUT2D eigenvalue weighted by Gasteiger charge is 2.54. The van der Waals surface area contributed by atoms with Crippen LogP contribution in [0.3, 0.4) is 0 Å². The van der Waals surface area contributed by atoms with Gasteiger partial charge in [-0.3, -0.25) is 9.59 Å². The number of carboxylic acid groups (broad SMARTS) is 1. The van der Waals surface area contributed by atoms with Crippen LogP contribution >= 0.6 is 0 Å². The molecular formula is C21H23NO3. The van der Waals surface area contributed by atoms with Gasteiger partial charge in [0.05, 0.1) is 12.5 Å². The number of carboxylic acids is 1. The normalized spacial score (nSPS) is 25.8. The van der Waals surface area contributed by atoms with Crippen molar-refractivity contribution in [2.75, 3.05) is 0 Å². The maximum absolute atomic E-state index is 12.7. The van der Waals surface area contributed by atoms with Gasteiger partial charge in [-0.05, 0) is 47.1 Å². The van der Waals surface area contributed by atoms with E-state index in [-0.39, 0.29) is 18.2 Å². The largest absolute Gasteiger partial charge is 0.481 e. The van der Waals surface area contributed by atoms with Gasteiger partial charge in [0.15, 0.2) is 0 Å². The van der Waals surface area contributed by atoms with Crippen LogP contribution in [0.2, 0.25) is 0 Å². The predicted molar refractivity (Wildman–Crippen MR) is 96.0 cm³/mol. The van der Waals surface area contributed by atoms with Crippen molar-refractivity contribution in [1.29, 1.82) is 0 Å². The summed E-state index contributed by atoms with van der Waals surface area (Å²) in [6, 6.07) is 13.4. The fourth-order valence-electron chi connectivity index (χ4n) is 4.50. The van der Waals surface area contributed by atoms with Crippen molar-refractivity contribution in [3.05, 3.63) is 48.0 Å². The molecule has 2 aliphatic rings. The Bertz CT molecular complexity index is 804. The van der Waals surface area contributed by atoms with Crippen LogP contribution in [-0.2, 0) is 9.59 Å². The first-order valence-electron chi connectivity index (χ1n) is 9.14. The highest BCUT2D eigenvalue weighted by molar-refractivity contribution is 5.85. The molecule has 0 aromatic heterocycles. The topological polar surface area (TPSA) is 66.4 Å².